The van der Waals surface area contributed by atoms with Gasteiger partial charge in [-0.2, -0.15) is 4.98 Å². The maximum Gasteiger partial charge on any atom is 0.224 e. The molecule has 2 aromatic carbocycles. The van der Waals surface area contributed by atoms with E-state index in [0.717, 1.165) is 23.9 Å². The molecule has 0 saturated heterocycles. The largest absolute Gasteiger partial charge is 0.493 e. The highest BCUT2D eigenvalue weighted by atomic mass is 35.5. The minimum Gasteiger partial charge on any atom is -0.493 e. The zero-order valence-electron chi connectivity index (χ0n) is 15.4. The van der Waals surface area contributed by atoms with Gasteiger partial charge >= 0.3 is 0 Å². The van der Waals surface area contributed by atoms with Gasteiger partial charge in [0.1, 0.15) is 5.82 Å². The van der Waals surface area contributed by atoms with Gasteiger partial charge < -0.3 is 14.8 Å². The summed E-state index contributed by atoms with van der Waals surface area (Å²) in [5.74, 6) is 1.87. The Morgan fingerprint density at radius 2 is 1.58 bits per heavy atom. The van der Waals surface area contributed by atoms with E-state index in [1.54, 1.807) is 20.3 Å². The Morgan fingerprint density at radius 1 is 0.962 bits per heavy atom. The van der Waals surface area contributed by atoms with E-state index in [1.165, 1.54) is 11.1 Å². The molecule has 0 aliphatic heterocycles. The summed E-state index contributed by atoms with van der Waals surface area (Å²) in [6, 6.07) is 10.0. The number of aryl methyl sites for hydroxylation is 2. The predicted molar refractivity (Wildman–Crippen MR) is 106 cm³/mol. The van der Waals surface area contributed by atoms with Gasteiger partial charge in [-0.1, -0.05) is 32.0 Å². The van der Waals surface area contributed by atoms with Crippen LogP contribution in [-0.4, -0.2) is 24.2 Å². The lowest BCUT2D eigenvalue weighted by Gasteiger charge is -2.17. The van der Waals surface area contributed by atoms with Gasteiger partial charge in [0, 0.05) is 17.1 Å². The van der Waals surface area contributed by atoms with Crippen LogP contribution in [-0.2, 0) is 12.8 Å². The van der Waals surface area contributed by atoms with Gasteiger partial charge in [-0.25, -0.2) is 4.98 Å². The smallest absolute Gasteiger partial charge is 0.224 e. The van der Waals surface area contributed by atoms with Crippen LogP contribution in [0.15, 0.2) is 30.3 Å². The first-order valence-electron chi connectivity index (χ1n) is 8.58. The summed E-state index contributed by atoms with van der Waals surface area (Å²) in [7, 11) is 3.20. The number of para-hydroxylation sites is 1. The van der Waals surface area contributed by atoms with E-state index in [1.807, 2.05) is 6.07 Å². The number of hydrogen-bond donors (Lipinski definition) is 1. The van der Waals surface area contributed by atoms with E-state index in [2.05, 4.69) is 47.3 Å². The summed E-state index contributed by atoms with van der Waals surface area (Å²) in [4.78, 5) is 8.75. The van der Waals surface area contributed by atoms with E-state index in [-0.39, 0.29) is 5.28 Å². The predicted octanol–water partition coefficient (Wildman–Crippen LogP) is 5.17. The van der Waals surface area contributed by atoms with Gasteiger partial charge in [-0.05, 0) is 41.6 Å². The number of nitrogens with zero attached hydrogens (tertiary/aromatic N) is 2. The SMILES string of the molecule is CCc1cccc(CC)c1Nc1nc(Cl)nc2cc(OC)c(OC)cc12. The lowest BCUT2D eigenvalue weighted by atomic mass is 10.0. The average Bonchev–Trinajstić information content (AvgIpc) is 2.66. The molecule has 136 valence electrons. The standard InChI is InChI=1S/C20H22ClN3O2/c1-5-12-8-7-9-13(6-2)18(12)23-19-14-10-16(25-3)17(26-4)11-15(14)22-20(21)24-19/h7-11H,5-6H2,1-4H3,(H,22,23,24). The molecule has 0 amide bonds. The van der Waals surface area contributed by atoms with Crippen LogP contribution >= 0.6 is 11.6 Å². The van der Waals surface area contributed by atoms with Crippen molar-refractivity contribution in [3.8, 4) is 11.5 Å². The molecular weight excluding hydrogens is 350 g/mol. The van der Waals surface area contributed by atoms with Crippen LogP contribution in [0.1, 0.15) is 25.0 Å². The molecule has 1 heterocycles. The third kappa shape index (κ3) is 3.40. The number of rotatable bonds is 6. The minimum atomic E-state index is 0.180. The van der Waals surface area contributed by atoms with Crippen LogP contribution in [0.3, 0.4) is 0 Å². The normalized spacial score (nSPS) is 10.8. The summed E-state index contributed by atoms with van der Waals surface area (Å²) < 4.78 is 10.8. The van der Waals surface area contributed by atoms with E-state index in [0.29, 0.717) is 22.8 Å². The van der Waals surface area contributed by atoms with E-state index in [4.69, 9.17) is 21.1 Å². The number of ether oxygens (including phenoxy) is 2. The Kier molecular flexibility index (Phi) is 5.47. The molecule has 0 radical (unpaired) electrons. The van der Waals surface area contributed by atoms with Crippen LogP contribution in [0, 0.1) is 0 Å². The Bertz CT molecular complexity index is 922. The van der Waals surface area contributed by atoms with Crippen LogP contribution in [0.5, 0.6) is 11.5 Å². The van der Waals surface area contributed by atoms with Gasteiger partial charge in [0.05, 0.1) is 19.7 Å². The molecule has 0 saturated carbocycles. The molecule has 1 N–H and O–H groups in total. The molecule has 0 unspecified atom stereocenters. The topological polar surface area (TPSA) is 56.3 Å². The highest BCUT2D eigenvalue weighted by Crippen LogP contribution is 2.36. The van der Waals surface area contributed by atoms with Crippen molar-refractivity contribution < 1.29 is 9.47 Å². The van der Waals surface area contributed by atoms with Crippen molar-refractivity contribution in [2.45, 2.75) is 26.7 Å². The quantitative estimate of drug-likeness (QED) is 0.606. The number of hydrogen-bond acceptors (Lipinski definition) is 5. The van der Waals surface area contributed by atoms with Gasteiger partial charge in [0.25, 0.3) is 0 Å². The molecule has 0 spiro atoms. The fraction of sp³-hybridized carbons (Fsp3) is 0.300. The minimum absolute atomic E-state index is 0.180. The Labute approximate surface area is 158 Å². The molecule has 0 atom stereocenters. The van der Waals surface area contributed by atoms with E-state index < -0.39 is 0 Å². The third-order valence-corrected chi connectivity index (χ3v) is 4.59. The summed E-state index contributed by atoms with van der Waals surface area (Å²) >= 11 is 6.17. The number of nitrogens with one attached hydrogen (secondary N) is 1. The monoisotopic (exact) mass is 371 g/mol. The van der Waals surface area contributed by atoms with Crippen molar-refractivity contribution in [3.05, 3.63) is 46.7 Å². The van der Waals surface area contributed by atoms with Gasteiger partial charge in [-0.3, -0.25) is 0 Å². The second-order valence-corrected chi connectivity index (χ2v) is 6.19. The molecule has 0 fully saturated rings. The third-order valence-electron chi connectivity index (χ3n) is 4.42. The molecule has 26 heavy (non-hydrogen) atoms. The molecular formula is C20H22ClN3O2. The number of benzene rings is 2. The van der Waals surface area contributed by atoms with Crippen molar-refractivity contribution in [2.75, 3.05) is 19.5 Å². The molecule has 0 aliphatic carbocycles. The lowest BCUT2D eigenvalue weighted by Crippen LogP contribution is -2.03. The Morgan fingerprint density at radius 3 is 2.15 bits per heavy atom. The number of aromatic nitrogens is 2. The molecule has 5 nitrogen and oxygen atoms in total. The highest BCUT2D eigenvalue weighted by Gasteiger charge is 2.15. The highest BCUT2D eigenvalue weighted by molar-refractivity contribution is 6.28. The van der Waals surface area contributed by atoms with Crippen molar-refractivity contribution >= 4 is 34.0 Å². The second-order valence-electron chi connectivity index (χ2n) is 5.85. The van der Waals surface area contributed by atoms with Crippen molar-refractivity contribution in [1.82, 2.24) is 9.97 Å². The Balaban J connectivity index is 2.20. The van der Waals surface area contributed by atoms with Crippen LogP contribution in [0.25, 0.3) is 10.9 Å². The fourth-order valence-electron chi connectivity index (χ4n) is 3.04. The zero-order valence-corrected chi connectivity index (χ0v) is 16.1. The van der Waals surface area contributed by atoms with Crippen LogP contribution < -0.4 is 14.8 Å². The Hall–Kier alpha value is -2.53. The molecule has 3 rings (SSSR count). The molecule has 0 bridgehead atoms. The number of fused-ring (bicyclic) bond motifs is 1. The number of methoxy groups -OCH3 is 2. The summed E-state index contributed by atoms with van der Waals surface area (Å²) in [5.41, 5.74) is 4.22. The average molecular weight is 372 g/mol. The van der Waals surface area contributed by atoms with E-state index >= 15 is 0 Å². The van der Waals surface area contributed by atoms with Crippen LogP contribution in [0.4, 0.5) is 11.5 Å². The molecule has 6 heteroatoms. The first kappa shape index (κ1) is 18.3. The number of anilines is 2. The van der Waals surface area contributed by atoms with E-state index in [9.17, 15) is 0 Å². The molecule has 3 aromatic rings. The molecule has 0 aliphatic rings. The number of halogens is 1. The molecule has 1 aromatic heterocycles. The summed E-state index contributed by atoms with van der Waals surface area (Å²) in [5, 5.41) is 4.48. The second kappa shape index (κ2) is 7.79. The first-order valence-corrected chi connectivity index (χ1v) is 8.96. The van der Waals surface area contributed by atoms with Crippen molar-refractivity contribution in [3.63, 3.8) is 0 Å². The van der Waals surface area contributed by atoms with Gasteiger partial charge in [-0.15, -0.1) is 0 Å². The van der Waals surface area contributed by atoms with Crippen LogP contribution in [0.2, 0.25) is 5.28 Å². The maximum absolute atomic E-state index is 6.17. The maximum atomic E-state index is 6.17. The van der Waals surface area contributed by atoms with Gasteiger partial charge in [0.2, 0.25) is 5.28 Å². The first-order chi connectivity index (χ1) is 12.6. The summed E-state index contributed by atoms with van der Waals surface area (Å²) in [6.45, 7) is 4.28. The van der Waals surface area contributed by atoms with Crippen molar-refractivity contribution in [1.29, 1.82) is 0 Å². The van der Waals surface area contributed by atoms with Crippen molar-refractivity contribution in [2.24, 2.45) is 0 Å². The lowest BCUT2D eigenvalue weighted by molar-refractivity contribution is 0.356. The van der Waals surface area contributed by atoms with Gasteiger partial charge in [0.15, 0.2) is 11.5 Å². The fourth-order valence-corrected chi connectivity index (χ4v) is 3.22. The summed E-state index contributed by atoms with van der Waals surface area (Å²) in [6.07, 6.45) is 1.84. The zero-order chi connectivity index (χ0) is 18.7.